The van der Waals surface area contributed by atoms with Gasteiger partial charge in [-0.3, -0.25) is 0 Å². The Balaban J connectivity index is 2.14. The van der Waals surface area contributed by atoms with Crippen LogP contribution in [-0.4, -0.2) is 84.6 Å². The Kier molecular flexibility index (Phi) is 3.40. The number of nitrogens with zero attached hydrogens (tertiary/aromatic N) is 1. The van der Waals surface area contributed by atoms with Gasteiger partial charge in [-0.2, -0.15) is 0 Å². The Bertz CT molecular complexity index is 183. The Morgan fingerprint density at radius 1 is 1.33 bits per heavy atom. The van der Waals surface area contributed by atoms with Crippen molar-refractivity contribution in [3.8, 4) is 0 Å². The van der Waals surface area contributed by atoms with Gasteiger partial charge in [0.25, 0.3) is 0 Å². The molecule has 2 bridgehead atoms. The number of fused-ring (bicyclic) bond motifs is 2. The van der Waals surface area contributed by atoms with Crippen molar-refractivity contribution in [2.24, 2.45) is 0 Å². The molecule has 2 fully saturated rings. The van der Waals surface area contributed by atoms with Gasteiger partial charge in [0.05, 0.1) is 0 Å². The molecule has 2 heterocycles. The first-order chi connectivity index (χ1) is 5.79. The van der Waals surface area contributed by atoms with Crippen LogP contribution in [-0.2, 0) is 0 Å². The van der Waals surface area contributed by atoms with Gasteiger partial charge in [-0.15, -0.1) is 0 Å². The zero-order valence-corrected chi connectivity index (χ0v) is 12.5. The van der Waals surface area contributed by atoms with E-state index in [1.165, 1.54) is 19.3 Å². The molecule has 0 aliphatic carbocycles. The Labute approximate surface area is 112 Å². The summed E-state index contributed by atoms with van der Waals surface area (Å²) in [5.41, 5.74) is 0. The van der Waals surface area contributed by atoms with Gasteiger partial charge < -0.3 is 0 Å². The molecule has 3 nitrogen and oxygen atoms in total. The molecule has 12 heavy (non-hydrogen) atoms. The Morgan fingerprint density at radius 2 is 2.08 bits per heavy atom. The number of carbonyl (C=O) groups excluding carboxylic acids is 1. The molecule has 2 saturated heterocycles. The van der Waals surface area contributed by atoms with Crippen LogP contribution in [0, 0.1) is 0 Å². The van der Waals surface area contributed by atoms with Crippen molar-refractivity contribution < 1.29 is 4.79 Å². The summed E-state index contributed by atoms with van der Waals surface area (Å²) < 4.78 is 0.466. The second kappa shape index (κ2) is 4.17. The van der Waals surface area contributed by atoms with Crippen LogP contribution in [0.5, 0.6) is 0 Å². The summed E-state index contributed by atoms with van der Waals surface area (Å²) in [5, 5.41) is 3.39. The summed E-state index contributed by atoms with van der Waals surface area (Å²) >= 11 is 0.168. The number of nitrogens with one attached hydrogen (secondary N) is 1. The predicted molar refractivity (Wildman–Crippen MR) is 47.3 cm³/mol. The molecule has 2 rings (SSSR count). The number of hydrogen-bond acceptors (Lipinski definition) is 2. The monoisotopic (exact) mass is 238 g/mol. The van der Waals surface area contributed by atoms with E-state index in [0.29, 0.717) is 11.1 Å². The van der Waals surface area contributed by atoms with Crippen molar-refractivity contribution in [1.29, 1.82) is 0 Å². The molecule has 2 aliphatic rings. The van der Waals surface area contributed by atoms with Crippen molar-refractivity contribution in [3.63, 3.8) is 0 Å². The van der Waals surface area contributed by atoms with Crippen molar-refractivity contribution in [3.05, 3.63) is 0 Å². The van der Waals surface area contributed by atoms with Crippen molar-refractivity contribution >= 4 is 54.5 Å². The van der Waals surface area contributed by atoms with Crippen molar-refractivity contribution in [2.45, 2.75) is 31.3 Å². The maximum absolute atomic E-state index is 11.4. The van der Waals surface area contributed by atoms with Crippen LogP contribution in [0.25, 0.3) is 0 Å². The zero-order chi connectivity index (χ0) is 8.55. The van der Waals surface area contributed by atoms with Crippen LogP contribution in [0.2, 0.25) is 0 Å². The van der Waals surface area contributed by atoms with Gasteiger partial charge in [-0.1, -0.05) is 0 Å². The first-order valence-corrected chi connectivity index (χ1v) is 7.24. The summed E-state index contributed by atoms with van der Waals surface area (Å²) in [5.74, 6) is 0. The molecule has 0 aromatic heterocycles. The summed E-state index contributed by atoms with van der Waals surface area (Å²) in [4.78, 5) is 13.6. The third kappa shape index (κ3) is 1.85. The first-order valence-electron chi connectivity index (χ1n) is 4.78. The normalized spacial score (nSPS) is 35.0. The number of hydrogen-bond donors (Lipinski definition) is 1. The van der Waals surface area contributed by atoms with E-state index in [1.807, 2.05) is 0 Å². The number of amides is 1. The van der Waals surface area contributed by atoms with E-state index in [0.717, 1.165) is 13.1 Å². The Morgan fingerprint density at radius 3 is 2.83 bits per heavy atom. The number of carbonyl (C=O) groups is 1. The minimum absolute atomic E-state index is 0.168. The van der Waals surface area contributed by atoms with Crippen molar-refractivity contribution in [2.75, 3.05) is 13.1 Å². The molecule has 1 N–H and O–H groups in total. The second-order valence-corrected chi connectivity index (χ2v) is 5.91. The molecule has 0 aromatic rings. The summed E-state index contributed by atoms with van der Waals surface area (Å²) in [6.45, 7) is 2.13. The van der Waals surface area contributed by atoms with Gasteiger partial charge in [0.1, 0.15) is 0 Å². The Hall–Kier alpha value is 1.24. The van der Waals surface area contributed by atoms with E-state index in [4.69, 9.17) is 0 Å². The third-order valence-corrected chi connectivity index (χ3v) is 4.29. The predicted octanol–water partition coefficient (Wildman–Crippen LogP) is 0.101. The first kappa shape index (κ1) is 9.78. The fourth-order valence-electron chi connectivity index (χ4n) is 2.50. The zero-order valence-electron chi connectivity index (χ0n) is 7.55. The third-order valence-electron chi connectivity index (χ3n) is 3.02. The minimum atomic E-state index is 0.168. The van der Waals surface area contributed by atoms with Gasteiger partial charge in [0.2, 0.25) is 0 Å². The van der Waals surface area contributed by atoms with Gasteiger partial charge in [0.15, 0.2) is 0 Å². The average molecular weight is 239 g/mol. The van der Waals surface area contributed by atoms with Crippen LogP contribution in [0.15, 0.2) is 0 Å². The standard InChI is InChI=1S/C8H13N2O.Rb/c11-6-10-7-1-2-8(10)5-9-4-3-7;/h7-9H,1-5H2;. The summed E-state index contributed by atoms with van der Waals surface area (Å²) in [6, 6.07) is 1.12. The van der Waals surface area contributed by atoms with Gasteiger partial charge in [-0.05, 0) is 0 Å². The average Bonchev–Trinajstić information content (AvgIpc) is 2.24. The molecular formula is C8H13N2ORb. The molecule has 0 spiro atoms. The molecule has 2 unspecified atom stereocenters. The van der Waals surface area contributed by atoms with E-state index in [1.54, 1.807) is 0 Å². The van der Waals surface area contributed by atoms with Crippen LogP contribution < -0.4 is 5.32 Å². The van der Waals surface area contributed by atoms with E-state index >= 15 is 0 Å². The molecule has 1 amide bonds. The quantitative estimate of drug-likeness (QED) is 0.649. The van der Waals surface area contributed by atoms with Crippen LogP contribution >= 0.6 is 0 Å². The van der Waals surface area contributed by atoms with Gasteiger partial charge in [0, 0.05) is 0 Å². The SMILES string of the molecule is O=[C]([Rb])N1C2CCNCC1CC2. The molecule has 4 heteroatoms. The van der Waals surface area contributed by atoms with Crippen LogP contribution in [0.3, 0.4) is 0 Å². The van der Waals surface area contributed by atoms with Crippen LogP contribution in [0.4, 0.5) is 4.79 Å². The van der Waals surface area contributed by atoms with Crippen LogP contribution in [0.1, 0.15) is 19.3 Å². The van der Waals surface area contributed by atoms with E-state index in [2.05, 4.69) is 10.2 Å². The fraction of sp³-hybridized carbons (Fsp3) is 0.875. The fourth-order valence-corrected chi connectivity index (χ4v) is 4.29. The maximum atomic E-state index is 11.4. The molecule has 62 valence electrons. The van der Waals surface area contributed by atoms with Gasteiger partial charge >= 0.3 is 114 Å². The molecule has 2 aliphatic heterocycles. The molecule has 2 atom stereocenters. The van der Waals surface area contributed by atoms with E-state index < -0.39 is 0 Å². The molecular weight excluding hydrogens is 226 g/mol. The summed E-state index contributed by atoms with van der Waals surface area (Å²) in [6.07, 6.45) is 3.64. The molecule has 0 aromatic carbocycles. The topological polar surface area (TPSA) is 32.3 Å². The number of rotatable bonds is 0. The van der Waals surface area contributed by atoms with E-state index in [-0.39, 0.29) is 55.5 Å². The summed E-state index contributed by atoms with van der Waals surface area (Å²) in [7, 11) is 0. The molecule has 0 saturated carbocycles. The van der Waals surface area contributed by atoms with E-state index in [9.17, 15) is 4.79 Å². The molecule has 0 radical (unpaired) electrons. The van der Waals surface area contributed by atoms with Gasteiger partial charge in [-0.25, -0.2) is 0 Å². The van der Waals surface area contributed by atoms with Crippen molar-refractivity contribution in [1.82, 2.24) is 10.2 Å². The second-order valence-electron chi connectivity index (χ2n) is 3.80.